The number of carbonyl (C=O) groups excluding carboxylic acids is 2. The minimum Gasteiger partial charge on any atom is -0.468 e. The molecule has 1 unspecified atom stereocenters. The predicted molar refractivity (Wildman–Crippen MR) is 106 cm³/mol. The Hall–Kier alpha value is -2.64. The molecule has 0 saturated carbocycles. The number of nitrogens with zero attached hydrogens (tertiary/aromatic N) is 2. The molecule has 7 heteroatoms. The number of ether oxygens (including phenoxy) is 1. The van der Waals surface area contributed by atoms with Crippen molar-refractivity contribution >= 4 is 17.5 Å². The van der Waals surface area contributed by atoms with Crippen molar-refractivity contribution in [2.45, 2.75) is 25.5 Å². The minimum absolute atomic E-state index is 0.103. The van der Waals surface area contributed by atoms with Gasteiger partial charge in [-0.25, -0.2) is 0 Å². The zero-order valence-electron chi connectivity index (χ0n) is 16.4. The number of hydrogen-bond donors (Lipinski definition) is 1. The van der Waals surface area contributed by atoms with Crippen molar-refractivity contribution in [3.63, 3.8) is 0 Å². The molecule has 2 amide bonds. The Morgan fingerprint density at radius 2 is 2.07 bits per heavy atom. The summed E-state index contributed by atoms with van der Waals surface area (Å²) in [6.07, 6.45) is 3.83. The van der Waals surface area contributed by atoms with Crippen molar-refractivity contribution in [3.05, 3.63) is 54.0 Å². The smallest absolute Gasteiger partial charge is 0.253 e. The van der Waals surface area contributed by atoms with Gasteiger partial charge in [0.15, 0.2) is 0 Å². The Bertz CT molecular complexity index is 783. The van der Waals surface area contributed by atoms with Crippen LogP contribution in [-0.2, 0) is 16.1 Å². The second-order valence-electron chi connectivity index (χ2n) is 7.21. The van der Waals surface area contributed by atoms with Gasteiger partial charge in [-0.3, -0.25) is 14.5 Å². The van der Waals surface area contributed by atoms with E-state index < -0.39 is 0 Å². The van der Waals surface area contributed by atoms with Gasteiger partial charge in [0.25, 0.3) is 5.91 Å². The largest absolute Gasteiger partial charge is 0.468 e. The standard InChI is InChI=1S/C21H27N3O4/c1-23(2)21(26)16-6-3-7-17(12-16)22-20(25)15-24(13-18-8-4-10-27-18)14-19-9-5-11-28-19/h3-4,6-8,10,12,19H,5,9,11,13-15H2,1-2H3,(H,22,25). The van der Waals surface area contributed by atoms with Crippen LogP contribution >= 0.6 is 0 Å². The van der Waals surface area contributed by atoms with Gasteiger partial charge in [-0.15, -0.1) is 0 Å². The van der Waals surface area contributed by atoms with Gasteiger partial charge in [-0.05, 0) is 43.2 Å². The van der Waals surface area contributed by atoms with Crippen molar-refractivity contribution in [2.24, 2.45) is 0 Å². The third-order valence-corrected chi connectivity index (χ3v) is 4.61. The van der Waals surface area contributed by atoms with Crippen LogP contribution < -0.4 is 5.32 Å². The van der Waals surface area contributed by atoms with Gasteiger partial charge < -0.3 is 19.4 Å². The summed E-state index contributed by atoms with van der Waals surface area (Å²) < 4.78 is 11.2. The van der Waals surface area contributed by atoms with Crippen LogP contribution in [-0.4, -0.2) is 61.5 Å². The minimum atomic E-state index is -0.140. The molecule has 1 aromatic heterocycles. The first-order valence-electron chi connectivity index (χ1n) is 9.49. The molecule has 7 nitrogen and oxygen atoms in total. The maximum Gasteiger partial charge on any atom is 0.253 e. The third-order valence-electron chi connectivity index (χ3n) is 4.61. The summed E-state index contributed by atoms with van der Waals surface area (Å²) in [5.74, 6) is 0.567. The van der Waals surface area contributed by atoms with E-state index >= 15 is 0 Å². The molecule has 1 N–H and O–H groups in total. The molecule has 1 atom stereocenters. The molecule has 0 bridgehead atoms. The lowest BCUT2D eigenvalue weighted by Crippen LogP contribution is -2.37. The number of amides is 2. The summed E-state index contributed by atoms with van der Waals surface area (Å²) in [5, 5.41) is 2.89. The third kappa shape index (κ3) is 5.68. The number of rotatable bonds is 8. The lowest BCUT2D eigenvalue weighted by molar-refractivity contribution is -0.117. The van der Waals surface area contributed by atoms with Crippen LogP contribution in [0.3, 0.4) is 0 Å². The zero-order valence-corrected chi connectivity index (χ0v) is 16.4. The second kappa shape index (κ2) is 9.52. The highest BCUT2D eigenvalue weighted by atomic mass is 16.5. The van der Waals surface area contributed by atoms with Crippen molar-refractivity contribution in [3.8, 4) is 0 Å². The van der Waals surface area contributed by atoms with E-state index in [9.17, 15) is 9.59 Å². The average molecular weight is 385 g/mol. The summed E-state index contributed by atoms with van der Waals surface area (Å²) in [4.78, 5) is 28.3. The van der Waals surface area contributed by atoms with Crippen LogP contribution in [0.4, 0.5) is 5.69 Å². The molecule has 0 aliphatic carbocycles. The van der Waals surface area contributed by atoms with E-state index in [-0.39, 0.29) is 24.5 Å². The Morgan fingerprint density at radius 1 is 1.21 bits per heavy atom. The fraction of sp³-hybridized carbons (Fsp3) is 0.429. The van der Waals surface area contributed by atoms with E-state index in [0.717, 1.165) is 25.2 Å². The van der Waals surface area contributed by atoms with E-state index in [2.05, 4.69) is 5.32 Å². The van der Waals surface area contributed by atoms with Gasteiger partial charge in [-0.1, -0.05) is 6.07 Å². The maximum atomic E-state index is 12.6. The first-order chi connectivity index (χ1) is 13.5. The van der Waals surface area contributed by atoms with Gasteiger partial charge >= 0.3 is 0 Å². The Kier molecular flexibility index (Phi) is 6.84. The Morgan fingerprint density at radius 3 is 2.75 bits per heavy atom. The lowest BCUT2D eigenvalue weighted by atomic mass is 10.2. The van der Waals surface area contributed by atoms with E-state index in [4.69, 9.17) is 9.15 Å². The normalized spacial score (nSPS) is 16.3. The van der Waals surface area contributed by atoms with E-state index in [0.29, 0.717) is 24.3 Å². The molecule has 2 heterocycles. The van der Waals surface area contributed by atoms with Crippen molar-refractivity contribution in [2.75, 3.05) is 39.1 Å². The van der Waals surface area contributed by atoms with E-state index in [1.165, 1.54) is 4.90 Å². The number of benzene rings is 1. The molecule has 2 aromatic rings. The number of hydrogen-bond acceptors (Lipinski definition) is 5. The molecule has 1 aromatic carbocycles. The van der Waals surface area contributed by atoms with Gasteiger partial charge in [-0.2, -0.15) is 0 Å². The average Bonchev–Trinajstić information content (AvgIpc) is 3.35. The molecular weight excluding hydrogens is 358 g/mol. The summed E-state index contributed by atoms with van der Waals surface area (Å²) in [5.41, 5.74) is 1.14. The number of anilines is 1. The number of carbonyl (C=O) groups is 2. The zero-order chi connectivity index (χ0) is 19.9. The van der Waals surface area contributed by atoms with Crippen LogP contribution in [0.5, 0.6) is 0 Å². The first-order valence-corrected chi connectivity index (χ1v) is 9.49. The fourth-order valence-electron chi connectivity index (χ4n) is 3.28. The van der Waals surface area contributed by atoms with Crippen LogP contribution in [0.1, 0.15) is 29.0 Å². The second-order valence-corrected chi connectivity index (χ2v) is 7.21. The summed E-state index contributed by atoms with van der Waals surface area (Å²) in [6.45, 7) is 2.21. The molecule has 150 valence electrons. The molecule has 1 aliphatic rings. The fourth-order valence-corrected chi connectivity index (χ4v) is 3.28. The van der Waals surface area contributed by atoms with Crippen molar-refractivity contribution < 1.29 is 18.7 Å². The van der Waals surface area contributed by atoms with Crippen LogP contribution in [0.2, 0.25) is 0 Å². The van der Waals surface area contributed by atoms with Crippen molar-refractivity contribution in [1.82, 2.24) is 9.80 Å². The SMILES string of the molecule is CN(C)C(=O)c1cccc(NC(=O)CN(Cc2ccco2)CC2CCCO2)c1. The molecule has 28 heavy (non-hydrogen) atoms. The quantitative estimate of drug-likeness (QED) is 0.756. The first kappa shape index (κ1) is 20.1. The van der Waals surface area contributed by atoms with Crippen LogP contribution in [0.25, 0.3) is 0 Å². The number of nitrogens with one attached hydrogen (secondary N) is 1. The molecule has 1 aliphatic heterocycles. The lowest BCUT2D eigenvalue weighted by Gasteiger charge is -2.23. The summed E-state index contributed by atoms with van der Waals surface area (Å²) in [7, 11) is 3.40. The summed E-state index contributed by atoms with van der Waals surface area (Å²) >= 11 is 0. The Balaban J connectivity index is 1.62. The van der Waals surface area contributed by atoms with Crippen LogP contribution in [0, 0.1) is 0 Å². The highest BCUT2D eigenvalue weighted by Gasteiger charge is 2.22. The van der Waals surface area contributed by atoms with Gasteiger partial charge in [0.2, 0.25) is 5.91 Å². The predicted octanol–water partition coefficient (Wildman–Crippen LogP) is 2.60. The monoisotopic (exact) mass is 385 g/mol. The van der Waals surface area contributed by atoms with E-state index in [1.54, 1.807) is 44.6 Å². The molecule has 1 fully saturated rings. The van der Waals surface area contributed by atoms with Crippen molar-refractivity contribution in [1.29, 1.82) is 0 Å². The van der Waals surface area contributed by atoms with Crippen LogP contribution in [0.15, 0.2) is 47.1 Å². The van der Waals surface area contributed by atoms with Gasteiger partial charge in [0.1, 0.15) is 5.76 Å². The number of furan rings is 1. The van der Waals surface area contributed by atoms with E-state index in [1.807, 2.05) is 17.0 Å². The molecule has 0 spiro atoms. The highest BCUT2D eigenvalue weighted by Crippen LogP contribution is 2.16. The molecular formula is C21H27N3O4. The highest BCUT2D eigenvalue weighted by molar-refractivity contribution is 5.97. The molecule has 0 radical (unpaired) electrons. The van der Waals surface area contributed by atoms with Gasteiger partial charge in [0, 0.05) is 38.5 Å². The topological polar surface area (TPSA) is 75.0 Å². The van der Waals surface area contributed by atoms with Gasteiger partial charge in [0.05, 0.1) is 25.5 Å². The molecule has 1 saturated heterocycles. The Labute approximate surface area is 165 Å². The molecule has 3 rings (SSSR count). The maximum absolute atomic E-state index is 12.6. The summed E-state index contributed by atoms with van der Waals surface area (Å²) in [6, 6.07) is 10.7.